The number of aromatic amines is 1. The van der Waals surface area contributed by atoms with Crippen molar-refractivity contribution >= 4 is 29.0 Å². The number of halogens is 1. The molecule has 0 saturated carbocycles. The third-order valence-electron chi connectivity index (χ3n) is 5.52. The lowest BCUT2D eigenvalue weighted by atomic mass is 10.1. The van der Waals surface area contributed by atoms with Crippen LogP contribution in [-0.4, -0.2) is 41.0 Å². The van der Waals surface area contributed by atoms with Gasteiger partial charge in [-0.25, -0.2) is 4.39 Å². The molecule has 0 aliphatic carbocycles. The van der Waals surface area contributed by atoms with Crippen LogP contribution in [0.3, 0.4) is 0 Å². The van der Waals surface area contributed by atoms with Crippen LogP contribution in [-0.2, 0) is 11.3 Å². The molecule has 1 aromatic heterocycles. The predicted octanol–water partition coefficient (Wildman–Crippen LogP) is 4.18. The van der Waals surface area contributed by atoms with Gasteiger partial charge >= 0.3 is 0 Å². The second kappa shape index (κ2) is 11.2. The molecule has 2 aromatic carbocycles. The van der Waals surface area contributed by atoms with Gasteiger partial charge in [-0.2, -0.15) is 0 Å². The van der Waals surface area contributed by atoms with Gasteiger partial charge in [0, 0.05) is 19.5 Å². The quantitative estimate of drug-likeness (QED) is 0.355. The molecule has 1 atom stereocenters. The number of fused-ring (bicyclic) bond motifs is 1. The third kappa shape index (κ3) is 6.11. The van der Waals surface area contributed by atoms with Gasteiger partial charge in [0.25, 0.3) is 5.56 Å². The van der Waals surface area contributed by atoms with Crippen molar-refractivity contribution in [3.63, 3.8) is 0 Å². The highest BCUT2D eigenvalue weighted by Gasteiger charge is 2.15. The molecule has 0 radical (unpaired) electrons. The summed E-state index contributed by atoms with van der Waals surface area (Å²) in [5, 5.41) is 3.57. The Balaban J connectivity index is 1.45. The number of hydrogen-bond donors (Lipinski definition) is 2. The number of para-hydroxylation sites is 1. The summed E-state index contributed by atoms with van der Waals surface area (Å²) in [6.45, 7) is 0.930. The van der Waals surface area contributed by atoms with Gasteiger partial charge < -0.3 is 15.2 Å². The summed E-state index contributed by atoms with van der Waals surface area (Å²) >= 11 is 5.33. The van der Waals surface area contributed by atoms with E-state index in [1.54, 1.807) is 16.7 Å². The molecule has 3 aromatic rings. The van der Waals surface area contributed by atoms with E-state index >= 15 is 0 Å². The average molecular weight is 457 g/mol. The number of rotatable bonds is 10. The first-order chi connectivity index (χ1) is 15.4. The van der Waals surface area contributed by atoms with Crippen LogP contribution >= 0.6 is 12.2 Å². The Morgan fingerprint density at radius 1 is 1.16 bits per heavy atom. The van der Waals surface area contributed by atoms with Crippen molar-refractivity contribution in [3.05, 3.63) is 75.0 Å². The maximum absolute atomic E-state index is 13.5. The number of H-pyrrole nitrogens is 1. The first-order valence-corrected chi connectivity index (χ1v) is 11.2. The first kappa shape index (κ1) is 23.8. The molecule has 0 spiro atoms. The fraction of sp³-hybridized carbons (Fsp3) is 0.375. The van der Waals surface area contributed by atoms with Crippen LogP contribution in [0.25, 0.3) is 10.9 Å². The number of nitrogens with zero attached hydrogens (tertiary/aromatic N) is 2. The Bertz CT molecular complexity index is 1190. The summed E-state index contributed by atoms with van der Waals surface area (Å²) in [4.78, 5) is 30.0. The van der Waals surface area contributed by atoms with Crippen molar-refractivity contribution in [1.82, 2.24) is 19.8 Å². The van der Waals surface area contributed by atoms with Crippen molar-refractivity contribution in [2.75, 3.05) is 20.6 Å². The van der Waals surface area contributed by atoms with Gasteiger partial charge in [0.1, 0.15) is 5.82 Å². The molecule has 0 bridgehead atoms. The number of likely N-dealkylation sites (N-methyl/N-ethyl adjacent to an activating group) is 1. The first-order valence-electron chi connectivity index (χ1n) is 10.8. The maximum Gasteiger partial charge on any atom is 0.262 e. The van der Waals surface area contributed by atoms with E-state index in [0.717, 1.165) is 30.3 Å². The van der Waals surface area contributed by atoms with E-state index in [2.05, 4.69) is 10.3 Å². The van der Waals surface area contributed by atoms with Gasteiger partial charge in [-0.05, 0) is 69.0 Å². The molecule has 1 heterocycles. The molecular weight excluding hydrogens is 427 g/mol. The Morgan fingerprint density at radius 2 is 1.94 bits per heavy atom. The molecule has 1 unspecified atom stereocenters. The molecule has 3 rings (SSSR count). The number of carbonyl (C=O) groups is 1. The predicted molar refractivity (Wildman–Crippen MR) is 128 cm³/mol. The van der Waals surface area contributed by atoms with Gasteiger partial charge in [0.15, 0.2) is 4.77 Å². The highest BCUT2D eigenvalue weighted by molar-refractivity contribution is 7.71. The summed E-state index contributed by atoms with van der Waals surface area (Å²) in [6, 6.07) is 13.7. The molecule has 1 amide bonds. The molecule has 0 fully saturated rings. The topological polar surface area (TPSA) is 70.1 Å². The highest BCUT2D eigenvalue weighted by Crippen LogP contribution is 2.18. The Morgan fingerprint density at radius 3 is 2.69 bits per heavy atom. The largest absolute Gasteiger partial charge is 0.354 e. The van der Waals surface area contributed by atoms with Crippen molar-refractivity contribution < 1.29 is 9.18 Å². The van der Waals surface area contributed by atoms with Gasteiger partial charge in [0.2, 0.25) is 5.91 Å². The standard InChI is InChI=1S/C24H29FN4O2S/c1-28(2)21(17-9-8-10-18(25)15-17)16-26-22(30)13-4-3-7-14-29-23(31)19-11-5-6-12-20(19)27-24(29)32/h5-6,8-12,15,21H,3-4,7,13-14,16H2,1-2H3,(H,26,30)(H,27,32). The summed E-state index contributed by atoms with van der Waals surface area (Å²) in [5.41, 5.74) is 1.48. The lowest BCUT2D eigenvalue weighted by molar-refractivity contribution is -0.121. The molecule has 0 saturated heterocycles. The third-order valence-corrected chi connectivity index (χ3v) is 5.85. The Labute approximate surface area is 192 Å². The van der Waals surface area contributed by atoms with Crippen LogP contribution in [0.5, 0.6) is 0 Å². The molecule has 8 heteroatoms. The van der Waals surface area contributed by atoms with Crippen LogP contribution in [0, 0.1) is 10.6 Å². The zero-order valence-corrected chi connectivity index (χ0v) is 19.3. The maximum atomic E-state index is 13.5. The minimum atomic E-state index is -0.286. The monoisotopic (exact) mass is 456 g/mol. The van der Waals surface area contributed by atoms with Crippen LogP contribution in [0.2, 0.25) is 0 Å². The number of amides is 1. The molecule has 0 aliphatic heterocycles. The number of carbonyl (C=O) groups excluding carboxylic acids is 1. The fourth-order valence-corrected chi connectivity index (χ4v) is 4.03. The summed E-state index contributed by atoms with van der Waals surface area (Å²) in [5.74, 6) is -0.320. The van der Waals surface area contributed by atoms with E-state index in [1.165, 1.54) is 12.1 Å². The van der Waals surface area contributed by atoms with E-state index in [9.17, 15) is 14.0 Å². The second-order valence-corrected chi connectivity index (χ2v) is 8.47. The van der Waals surface area contributed by atoms with Gasteiger partial charge in [-0.15, -0.1) is 0 Å². The normalized spacial score (nSPS) is 12.2. The summed E-state index contributed by atoms with van der Waals surface area (Å²) < 4.78 is 15.5. The van der Waals surface area contributed by atoms with Crippen LogP contribution in [0.4, 0.5) is 4.39 Å². The van der Waals surface area contributed by atoms with E-state index in [0.29, 0.717) is 29.7 Å². The van der Waals surface area contributed by atoms with Crippen LogP contribution in [0.1, 0.15) is 37.3 Å². The van der Waals surface area contributed by atoms with Gasteiger partial charge in [-0.3, -0.25) is 14.2 Å². The molecular formula is C24H29FN4O2S. The zero-order chi connectivity index (χ0) is 23.1. The van der Waals surface area contributed by atoms with E-state index in [4.69, 9.17) is 12.2 Å². The number of nitrogens with one attached hydrogen (secondary N) is 2. The average Bonchev–Trinajstić information content (AvgIpc) is 2.75. The SMILES string of the molecule is CN(C)C(CNC(=O)CCCCCn1c(=S)[nH]c2ccccc2c1=O)c1cccc(F)c1. The van der Waals surface area contributed by atoms with E-state index < -0.39 is 0 Å². The van der Waals surface area contributed by atoms with Crippen molar-refractivity contribution in [3.8, 4) is 0 Å². The number of unbranched alkanes of at least 4 members (excludes halogenated alkanes) is 2. The highest BCUT2D eigenvalue weighted by atomic mass is 32.1. The number of hydrogen-bond acceptors (Lipinski definition) is 4. The summed E-state index contributed by atoms with van der Waals surface area (Å²) in [6.07, 6.45) is 2.69. The minimum absolute atomic E-state index is 0.0339. The van der Waals surface area contributed by atoms with Crippen molar-refractivity contribution in [2.24, 2.45) is 0 Å². The smallest absolute Gasteiger partial charge is 0.262 e. The van der Waals surface area contributed by atoms with Gasteiger partial charge in [-0.1, -0.05) is 30.7 Å². The number of aromatic nitrogens is 2. The van der Waals surface area contributed by atoms with Crippen LogP contribution < -0.4 is 10.9 Å². The summed E-state index contributed by atoms with van der Waals surface area (Å²) in [7, 11) is 3.81. The zero-order valence-electron chi connectivity index (χ0n) is 18.4. The molecule has 6 nitrogen and oxygen atoms in total. The fourth-order valence-electron chi connectivity index (χ4n) is 3.75. The van der Waals surface area contributed by atoms with E-state index in [1.807, 2.05) is 43.3 Å². The number of benzene rings is 2. The van der Waals surface area contributed by atoms with Crippen molar-refractivity contribution in [2.45, 2.75) is 38.3 Å². The van der Waals surface area contributed by atoms with Crippen molar-refractivity contribution in [1.29, 1.82) is 0 Å². The van der Waals surface area contributed by atoms with Gasteiger partial charge in [0.05, 0.1) is 16.9 Å². The molecule has 170 valence electrons. The Kier molecular flexibility index (Phi) is 8.30. The second-order valence-electron chi connectivity index (χ2n) is 8.08. The lowest BCUT2D eigenvalue weighted by Crippen LogP contribution is -2.34. The molecule has 32 heavy (non-hydrogen) atoms. The molecule has 2 N–H and O–H groups in total. The van der Waals surface area contributed by atoms with E-state index in [-0.39, 0.29) is 23.3 Å². The lowest BCUT2D eigenvalue weighted by Gasteiger charge is -2.25. The molecule has 0 aliphatic rings. The van der Waals surface area contributed by atoms with Crippen LogP contribution in [0.15, 0.2) is 53.3 Å². The minimum Gasteiger partial charge on any atom is -0.354 e. The Hall–Kier alpha value is -2.84.